The van der Waals surface area contributed by atoms with E-state index in [9.17, 15) is 4.79 Å². The van der Waals surface area contributed by atoms with E-state index in [-0.39, 0.29) is 11.9 Å². The number of nitrogens with two attached hydrogens (primary N) is 1. The number of benzene rings is 2. The van der Waals surface area contributed by atoms with Gasteiger partial charge in [-0.15, -0.1) is 0 Å². The first-order chi connectivity index (χ1) is 13.6. The van der Waals surface area contributed by atoms with Crippen molar-refractivity contribution in [2.24, 2.45) is 0 Å². The van der Waals surface area contributed by atoms with Crippen LogP contribution in [0.25, 0.3) is 22.2 Å². The fourth-order valence-electron chi connectivity index (χ4n) is 3.27. The van der Waals surface area contributed by atoms with Gasteiger partial charge in [-0.2, -0.15) is 0 Å². The van der Waals surface area contributed by atoms with Gasteiger partial charge in [-0.25, -0.2) is 9.97 Å². The molecule has 4 rings (SSSR count). The van der Waals surface area contributed by atoms with Gasteiger partial charge in [0.2, 0.25) is 5.95 Å². The molecule has 4 aromatic rings. The van der Waals surface area contributed by atoms with Crippen molar-refractivity contribution in [3.8, 4) is 11.3 Å². The molecule has 2 N–H and O–H groups in total. The minimum absolute atomic E-state index is 0.129. The van der Waals surface area contributed by atoms with Crippen LogP contribution in [0, 0.1) is 0 Å². The molecule has 0 bridgehead atoms. The van der Waals surface area contributed by atoms with Crippen LogP contribution in [0.5, 0.6) is 0 Å². The molecule has 0 saturated heterocycles. The van der Waals surface area contributed by atoms with Crippen molar-refractivity contribution in [3.63, 3.8) is 0 Å². The van der Waals surface area contributed by atoms with Crippen LogP contribution in [-0.4, -0.2) is 38.9 Å². The van der Waals surface area contributed by atoms with Crippen molar-refractivity contribution in [2.45, 2.75) is 6.54 Å². The third-order valence-corrected chi connectivity index (χ3v) is 4.79. The maximum atomic E-state index is 13.1. The molecule has 6 nitrogen and oxygen atoms in total. The van der Waals surface area contributed by atoms with Crippen LogP contribution in [0.4, 0.5) is 5.95 Å². The molecule has 0 atom stereocenters. The Hall–Kier alpha value is -3.67. The lowest BCUT2D eigenvalue weighted by molar-refractivity contribution is 0.0791. The van der Waals surface area contributed by atoms with Gasteiger partial charge in [0, 0.05) is 43.6 Å². The number of nitrogen functional groups attached to an aromatic ring is 1. The topological polar surface area (TPSA) is 77.0 Å². The lowest BCUT2D eigenvalue weighted by atomic mass is 10.1. The molecule has 1 amide bonds. The monoisotopic (exact) mass is 371 g/mol. The Kier molecular flexibility index (Phi) is 4.76. The second-order valence-electron chi connectivity index (χ2n) is 6.65. The number of nitrogens with zero attached hydrogens (tertiary/aromatic N) is 4. The number of anilines is 1. The molecule has 6 heteroatoms. The molecule has 0 aliphatic rings. The minimum Gasteiger partial charge on any atom is -0.368 e. The third-order valence-electron chi connectivity index (χ3n) is 4.79. The summed E-state index contributed by atoms with van der Waals surface area (Å²) in [4.78, 5) is 23.1. The first kappa shape index (κ1) is 17.7. The number of likely N-dealkylation sites (N-methyl/N-ethyl adjacent to an activating group) is 1. The Bertz CT molecular complexity index is 1120. The average molecular weight is 371 g/mol. The first-order valence-corrected chi connectivity index (χ1v) is 9.11. The molecule has 0 aliphatic carbocycles. The van der Waals surface area contributed by atoms with E-state index >= 15 is 0 Å². The number of hydrogen-bond donors (Lipinski definition) is 1. The van der Waals surface area contributed by atoms with Crippen molar-refractivity contribution >= 4 is 22.8 Å². The van der Waals surface area contributed by atoms with Crippen molar-refractivity contribution in [1.29, 1.82) is 0 Å². The Labute approximate surface area is 163 Å². The molecule has 0 aliphatic heterocycles. The van der Waals surface area contributed by atoms with E-state index in [1.54, 1.807) is 11.9 Å². The smallest absolute Gasteiger partial charge is 0.257 e. The zero-order valence-electron chi connectivity index (χ0n) is 15.6. The predicted octanol–water partition coefficient (Wildman–Crippen LogP) is 3.45. The summed E-state index contributed by atoms with van der Waals surface area (Å²) in [5, 5.41) is 1.19. The molecule has 140 valence electrons. The van der Waals surface area contributed by atoms with Gasteiger partial charge in [-0.05, 0) is 17.5 Å². The number of carbonyl (C=O) groups is 1. The molecular weight excluding hydrogens is 350 g/mol. The molecule has 2 aromatic heterocycles. The fourth-order valence-corrected chi connectivity index (χ4v) is 3.27. The van der Waals surface area contributed by atoms with Crippen LogP contribution in [0.15, 0.2) is 73.1 Å². The first-order valence-electron chi connectivity index (χ1n) is 9.11. The highest BCUT2D eigenvalue weighted by Crippen LogP contribution is 2.23. The number of para-hydroxylation sites is 1. The molecule has 0 saturated carbocycles. The van der Waals surface area contributed by atoms with Crippen LogP contribution < -0.4 is 5.73 Å². The second-order valence-corrected chi connectivity index (χ2v) is 6.65. The Morgan fingerprint density at radius 3 is 2.64 bits per heavy atom. The largest absolute Gasteiger partial charge is 0.368 e. The van der Waals surface area contributed by atoms with E-state index in [1.165, 1.54) is 11.6 Å². The van der Waals surface area contributed by atoms with E-state index in [1.807, 2.05) is 48.7 Å². The number of hydrogen-bond acceptors (Lipinski definition) is 4. The molecule has 0 unspecified atom stereocenters. The summed E-state index contributed by atoms with van der Waals surface area (Å²) >= 11 is 0. The van der Waals surface area contributed by atoms with Crippen LogP contribution in [0.2, 0.25) is 0 Å². The van der Waals surface area contributed by atoms with Crippen LogP contribution >= 0.6 is 0 Å². The standard InChI is InChI=1S/C22H21N5O/c1-26(13-14-27-12-11-16-7-5-6-10-19(16)27)21(28)18-15-24-22(23)25-20(18)17-8-3-2-4-9-17/h2-12,15H,13-14H2,1H3,(H2,23,24,25). The van der Waals surface area contributed by atoms with E-state index in [0.29, 0.717) is 24.3 Å². The van der Waals surface area contributed by atoms with Gasteiger partial charge in [-0.1, -0.05) is 48.5 Å². The molecule has 28 heavy (non-hydrogen) atoms. The summed E-state index contributed by atoms with van der Waals surface area (Å²) in [5.74, 6) is 0.0205. The highest BCUT2D eigenvalue weighted by Gasteiger charge is 2.19. The Morgan fingerprint density at radius 1 is 1.07 bits per heavy atom. The van der Waals surface area contributed by atoms with Gasteiger partial charge < -0.3 is 15.2 Å². The fraction of sp³-hybridized carbons (Fsp3) is 0.136. The van der Waals surface area contributed by atoms with Crippen molar-refractivity contribution in [2.75, 3.05) is 19.3 Å². The normalized spacial score (nSPS) is 10.9. The highest BCUT2D eigenvalue weighted by molar-refractivity contribution is 5.99. The number of fused-ring (bicyclic) bond motifs is 1. The lowest BCUT2D eigenvalue weighted by Crippen LogP contribution is -2.30. The Morgan fingerprint density at radius 2 is 1.82 bits per heavy atom. The van der Waals surface area contributed by atoms with Crippen molar-refractivity contribution in [3.05, 3.63) is 78.6 Å². The minimum atomic E-state index is -0.129. The zero-order chi connectivity index (χ0) is 19.5. The average Bonchev–Trinajstić information content (AvgIpc) is 3.15. The van der Waals surface area contributed by atoms with Gasteiger partial charge in [0.05, 0.1) is 11.3 Å². The maximum absolute atomic E-state index is 13.1. The maximum Gasteiger partial charge on any atom is 0.257 e. The molecular formula is C22H21N5O. The highest BCUT2D eigenvalue weighted by atomic mass is 16.2. The van der Waals surface area contributed by atoms with Gasteiger partial charge in [0.1, 0.15) is 0 Å². The van der Waals surface area contributed by atoms with Gasteiger partial charge >= 0.3 is 0 Å². The summed E-state index contributed by atoms with van der Waals surface area (Å²) in [6.45, 7) is 1.27. The van der Waals surface area contributed by atoms with Gasteiger partial charge in [0.15, 0.2) is 0 Å². The SMILES string of the molecule is CN(CCn1ccc2ccccc21)C(=O)c1cnc(N)nc1-c1ccccc1. The second kappa shape index (κ2) is 7.52. The van der Waals surface area contributed by atoms with E-state index in [0.717, 1.165) is 11.1 Å². The zero-order valence-corrected chi connectivity index (χ0v) is 15.6. The van der Waals surface area contributed by atoms with Crippen LogP contribution in [0.1, 0.15) is 10.4 Å². The van der Waals surface area contributed by atoms with Crippen LogP contribution in [0.3, 0.4) is 0 Å². The number of carbonyl (C=O) groups excluding carboxylic acids is 1. The Balaban J connectivity index is 1.56. The third kappa shape index (κ3) is 3.44. The summed E-state index contributed by atoms with van der Waals surface area (Å²) in [7, 11) is 1.79. The van der Waals surface area contributed by atoms with Crippen molar-refractivity contribution in [1.82, 2.24) is 19.4 Å². The quantitative estimate of drug-likeness (QED) is 0.583. The van der Waals surface area contributed by atoms with E-state index in [2.05, 4.69) is 32.7 Å². The number of amides is 1. The summed E-state index contributed by atoms with van der Waals surface area (Å²) in [5.41, 5.74) is 8.76. The predicted molar refractivity (Wildman–Crippen MR) is 111 cm³/mol. The molecule has 0 radical (unpaired) electrons. The number of aromatic nitrogens is 3. The number of rotatable bonds is 5. The summed E-state index contributed by atoms with van der Waals surface area (Å²) in [6, 6.07) is 19.8. The van der Waals surface area contributed by atoms with E-state index < -0.39 is 0 Å². The molecule has 0 spiro atoms. The molecule has 2 heterocycles. The van der Waals surface area contributed by atoms with E-state index in [4.69, 9.17) is 5.73 Å². The summed E-state index contributed by atoms with van der Waals surface area (Å²) in [6.07, 6.45) is 3.55. The van der Waals surface area contributed by atoms with Crippen LogP contribution in [-0.2, 0) is 6.54 Å². The van der Waals surface area contributed by atoms with Gasteiger partial charge in [0.25, 0.3) is 5.91 Å². The molecule has 0 fully saturated rings. The van der Waals surface area contributed by atoms with Gasteiger partial charge in [-0.3, -0.25) is 4.79 Å². The molecule has 2 aromatic carbocycles. The lowest BCUT2D eigenvalue weighted by Gasteiger charge is -2.19. The summed E-state index contributed by atoms with van der Waals surface area (Å²) < 4.78 is 2.15. The van der Waals surface area contributed by atoms with Crippen molar-refractivity contribution < 1.29 is 4.79 Å².